The van der Waals surface area contributed by atoms with Gasteiger partial charge in [-0.05, 0) is 48.4 Å². The predicted molar refractivity (Wildman–Crippen MR) is 68.2 cm³/mol. The molecule has 2 nitrogen and oxygen atoms in total. The minimum Gasteiger partial charge on any atom is -0.457 e. The highest BCUT2D eigenvalue weighted by molar-refractivity contribution is 5.33. The molecule has 3 heteroatoms. The van der Waals surface area contributed by atoms with Crippen LogP contribution in [0.25, 0.3) is 0 Å². The smallest absolute Gasteiger partial charge is 0.127 e. The fraction of sp³-hybridized carbons (Fsp3) is 0.200. The molecular weight excluding hydrogens is 231 g/mol. The van der Waals surface area contributed by atoms with Crippen LogP contribution in [0.3, 0.4) is 0 Å². The monoisotopic (exact) mass is 246 g/mol. The van der Waals surface area contributed by atoms with Gasteiger partial charge in [-0.25, -0.2) is 4.39 Å². The first-order valence-corrected chi connectivity index (χ1v) is 5.90. The molecule has 2 aromatic carbocycles. The van der Waals surface area contributed by atoms with Crippen LogP contribution in [0.5, 0.6) is 11.5 Å². The Kier molecular flexibility index (Phi) is 3.95. The average Bonchev–Trinajstić information content (AvgIpc) is 2.41. The molecule has 0 spiro atoms. The number of ether oxygens (including phenoxy) is 1. The van der Waals surface area contributed by atoms with E-state index in [2.05, 4.69) is 0 Å². The number of rotatable bonds is 4. The zero-order valence-corrected chi connectivity index (χ0v) is 10.1. The highest BCUT2D eigenvalue weighted by atomic mass is 19.1. The third-order valence-electron chi connectivity index (χ3n) is 2.70. The molecule has 0 aromatic heterocycles. The molecule has 0 aliphatic rings. The van der Waals surface area contributed by atoms with Crippen LogP contribution in [-0.4, -0.2) is 5.11 Å². The van der Waals surface area contributed by atoms with Gasteiger partial charge in [0.05, 0.1) is 6.10 Å². The molecule has 0 amide bonds. The van der Waals surface area contributed by atoms with Crippen molar-refractivity contribution in [1.29, 1.82) is 0 Å². The van der Waals surface area contributed by atoms with E-state index in [1.54, 1.807) is 24.3 Å². The molecule has 0 heterocycles. The third-order valence-corrected chi connectivity index (χ3v) is 2.70. The molecule has 18 heavy (non-hydrogen) atoms. The van der Waals surface area contributed by atoms with E-state index in [0.717, 1.165) is 5.56 Å². The third kappa shape index (κ3) is 3.08. The maximum atomic E-state index is 12.7. The van der Waals surface area contributed by atoms with Crippen LogP contribution < -0.4 is 4.74 Å². The van der Waals surface area contributed by atoms with Crippen LogP contribution in [0.1, 0.15) is 25.0 Å². The van der Waals surface area contributed by atoms with Gasteiger partial charge in [-0.1, -0.05) is 19.1 Å². The van der Waals surface area contributed by atoms with Gasteiger partial charge < -0.3 is 9.84 Å². The Bertz CT molecular complexity index is 491. The van der Waals surface area contributed by atoms with Crippen molar-refractivity contribution in [3.63, 3.8) is 0 Å². The predicted octanol–water partition coefficient (Wildman–Crippen LogP) is 4.06. The minimum atomic E-state index is -0.440. The van der Waals surface area contributed by atoms with E-state index in [9.17, 15) is 9.50 Å². The first kappa shape index (κ1) is 12.6. The van der Waals surface area contributed by atoms with Crippen molar-refractivity contribution < 1.29 is 14.2 Å². The van der Waals surface area contributed by atoms with Gasteiger partial charge in [-0.2, -0.15) is 0 Å². The Balaban J connectivity index is 2.08. The largest absolute Gasteiger partial charge is 0.457 e. The summed E-state index contributed by atoms with van der Waals surface area (Å²) in [6, 6.07) is 13.1. The lowest BCUT2D eigenvalue weighted by atomic mass is 10.1. The van der Waals surface area contributed by atoms with Crippen LogP contribution >= 0.6 is 0 Å². The summed E-state index contributed by atoms with van der Waals surface area (Å²) in [5, 5.41) is 9.66. The van der Waals surface area contributed by atoms with Crippen molar-refractivity contribution in [1.82, 2.24) is 0 Å². The topological polar surface area (TPSA) is 29.5 Å². The molecular formula is C15H15FO2. The van der Waals surface area contributed by atoms with Crippen molar-refractivity contribution >= 4 is 0 Å². The molecule has 2 aromatic rings. The van der Waals surface area contributed by atoms with Gasteiger partial charge in [0.1, 0.15) is 17.3 Å². The molecule has 0 saturated heterocycles. The van der Waals surface area contributed by atoms with Crippen LogP contribution in [0.15, 0.2) is 48.5 Å². The Morgan fingerprint density at radius 2 is 1.50 bits per heavy atom. The molecule has 0 saturated carbocycles. The number of aliphatic hydroxyl groups excluding tert-OH is 1. The van der Waals surface area contributed by atoms with E-state index in [1.807, 2.05) is 19.1 Å². The Morgan fingerprint density at radius 1 is 1.00 bits per heavy atom. The van der Waals surface area contributed by atoms with Gasteiger partial charge in [0, 0.05) is 0 Å². The summed E-state index contributed by atoms with van der Waals surface area (Å²) in [5.74, 6) is 0.956. The van der Waals surface area contributed by atoms with Crippen LogP contribution in [0.2, 0.25) is 0 Å². The highest BCUT2D eigenvalue weighted by Crippen LogP contribution is 2.24. The van der Waals surface area contributed by atoms with Crippen LogP contribution in [0, 0.1) is 5.82 Å². The van der Waals surface area contributed by atoms with E-state index < -0.39 is 6.10 Å². The molecule has 0 radical (unpaired) electrons. The lowest BCUT2D eigenvalue weighted by Crippen LogP contribution is -1.94. The summed E-state index contributed by atoms with van der Waals surface area (Å²) in [6.07, 6.45) is 0.239. The Labute approximate surface area is 106 Å². The molecule has 0 fully saturated rings. The second-order valence-electron chi connectivity index (χ2n) is 4.05. The average molecular weight is 246 g/mol. The zero-order valence-electron chi connectivity index (χ0n) is 10.1. The lowest BCUT2D eigenvalue weighted by molar-refractivity contribution is 0.173. The molecule has 2 rings (SSSR count). The summed E-state index contributed by atoms with van der Waals surface area (Å²) in [4.78, 5) is 0. The van der Waals surface area contributed by atoms with E-state index >= 15 is 0 Å². The number of hydrogen-bond acceptors (Lipinski definition) is 2. The second-order valence-corrected chi connectivity index (χ2v) is 4.05. The number of aliphatic hydroxyl groups is 1. The number of benzene rings is 2. The van der Waals surface area contributed by atoms with E-state index in [1.165, 1.54) is 12.1 Å². The minimum absolute atomic E-state index is 0.288. The maximum absolute atomic E-state index is 12.7. The van der Waals surface area contributed by atoms with E-state index in [-0.39, 0.29) is 5.82 Å². The fourth-order valence-electron chi connectivity index (χ4n) is 1.63. The summed E-state index contributed by atoms with van der Waals surface area (Å²) >= 11 is 0. The van der Waals surface area contributed by atoms with E-state index in [4.69, 9.17) is 4.74 Å². The summed E-state index contributed by atoms with van der Waals surface area (Å²) in [6.45, 7) is 1.92. The summed E-state index contributed by atoms with van der Waals surface area (Å²) < 4.78 is 18.3. The van der Waals surface area contributed by atoms with Crippen LogP contribution in [0.4, 0.5) is 4.39 Å². The van der Waals surface area contributed by atoms with Crippen molar-refractivity contribution in [2.24, 2.45) is 0 Å². The van der Waals surface area contributed by atoms with Gasteiger partial charge in [0.25, 0.3) is 0 Å². The van der Waals surface area contributed by atoms with Gasteiger partial charge in [-0.15, -0.1) is 0 Å². The molecule has 0 bridgehead atoms. The van der Waals surface area contributed by atoms with Crippen molar-refractivity contribution in [2.75, 3.05) is 0 Å². The lowest BCUT2D eigenvalue weighted by Gasteiger charge is -2.09. The molecule has 0 aliphatic heterocycles. The normalized spacial score (nSPS) is 12.2. The number of halogens is 1. The van der Waals surface area contributed by atoms with Crippen molar-refractivity contribution in [2.45, 2.75) is 19.4 Å². The second kappa shape index (κ2) is 5.65. The van der Waals surface area contributed by atoms with Gasteiger partial charge in [-0.3, -0.25) is 0 Å². The SMILES string of the molecule is CC[C@H](O)c1ccc(Oc2ccc(F)cc2)cc1. The van der Waals surface area contributed by atoms with E-state index in [0.29, 0.717) is 17.9 Å². The molecule has 94 valence electrons. The fourth-order valence-corrected chi connectivity index (χ4v) is 1.63. The quantitative estimate of drug-likeness (QED) is 0.881. The highest BCUT2D eigenvalue weighted by Gasteiger charge is 2.04. The first-order chi connectivity index (χ1) is 8.69. The van der Waals surface area contributed by atoms with Crippen molar-refractivity contribution in [3.8, 4) is 11.5 Å². The standard InChI is InChI=1S/C15H15FO2/c1-2-15(17)11-3-7-13(8-4-11)18-14-9-5-12(16)6-10-14/h3-10,15,17H,2H2,1H3/t15-/m0/s1. The Hall–Kier alpha value is -1.87. The number of hydrogen-bond donors (Lipinski definition) is 1. The molecule has 1 N–H and O–H groups in total. The summed E-state index contributed by atoms with van der Waals surface area (Å²) in [5.41, 5.74) is 0.865. The summed E-state index contributed by atoms with van der Waals surface area (Å²) in [7, 11) is 0. The van der Waals surface area contributed by atoms with Gasteiger partial charge in [0.15, 0.2) is 0 Å². The molecule has 1 atom stereocenters. The van der Waals surface area contributed by atoms with Gasteiger partial charge in [0.2, 0.25) is 0 Å². The molecule has 0 aliphatic carbocycles. The van der Waals surface area contributed by atoms with Crippen LogP contribution in [-0.2, 0) is 0 Å². The van der Waals surface area contributed by atoms with Crippen molar-refractivity contribution in [3.05, 3.63) is 59.9 Å². The Morgan fingerprint density at radius 3 is 2.00 bits per heavy atom. The zero-order chi connectivity index (χ0) is 13.0. The maximum Gasteiger partial charge on any atom is 0.127 e. The first-order valence-electron chi connectivity index (χ1n) is 5.90. The molecule has 0 unspecified atom stereocenters. The van der Waals surface area contributed by atoms with Gasteiger partial charge >= 0.3 is 0 Å².